The summed E-state index contributed by atoms with van der Waals surface area (Å²) in [5, 5.41) is 5.68. The molecule has 0 aliphatic heterocycles. The zero-order chi connectivity index (χ0) is 19.1. The molecule has 1 unspecified atom stereocenters. The fourth-order valence-electron chi connectivity index (χ4n) is 2.83. The lowest BCUT2D eigenvalue weighted by molar-refractivity contribution is -0.123. The second kappa shape index (κ2) is 8.85. The topological polar surface area (TPSA) is 71.3 Å². The molecule has 0 spiro atoms. The molecule has 0 aliphatic rings. The summed E-state index contributed by atoms with van der Waals surface area (Å²) in [5.41, 5.74) is 3.11. The number of aryl methyl sites for hydroxylation is 1. The van der Waals surface area contributed by atoms with Crippen LogP contribution in [0.5, 0.6) is 0 Å². The van der Waals surface area contributed by atoms with E-state index in [9.17, 15) is 9.59 Å². The molecule has 2 N–H and O–H groups in total. The van der Waals surface area contributed by atoms with Crippen LogP contribution >= 0.6 is 0 Å². The fourth-order valence-corrected chi connectivity index (χ4v) is 2.83. The highest BCUT2D eigenvalue weighted by atomic mass is 16.3. The van der Waals surface area contributed by atoms with Gasteiger partial charge in [0, 0.05) is 13.0 Å². The Labute approximate surface area is 158 Å². The second-order valence-corrected chi connectivity index (χ2v) is 6.40. The lowest BCUT2D eigenvalue weighted by Gasteiger charge is -2.18. The summed E-state index contributed by atoms with van der Waals surface area (Å²) in [6.07, 6.45) is 1.83. The van der Waals surface area contributed by atoms with Gasteiger partial charge in [-0.25, -0.2) is 0 Å². The molecule has 1 heterocycles. The summed E-state index contributed by atoms with van der Waals surface area (Å²) in [6.45, 7) is 2.41. The summed E-state index contributed by atoms with van der Waals surface area (Å²) in [6, 6.07) is 20.0. The van der Waals surface area contributed by atoms with Crippen LogP contribution in [0.2, 0.25) is 0 Å². The molecule has 2 aromatic carbocycles. The number of hydrogen-bond donors (Lipinski definition) is 2. The molecule has 1 aromatic heterocycles. The van der Waals surface area contributed by atoms with Gasteiger partial charge in [-0.2, -0.15) is 0 Å². The van der Waals surface area contributed by atoms with Gasteiger partial charge in [0.1, 0.15) is 6.04 Å². The monoisotopic (exact) mass is 362 g/mol. The number of nitrogens with one attached hydrogen (secondary N) is 2. The SMILES string of the molecule is Cc1cccc(CNC(=O)C(Cc2ccccc2)NC(=O)c2ccco2)c1. The molecule has 0 aliphatic carbocycles. The van der Waals surface area contributed by atoms with E-state index >= 15 is 0 Å². The van der Waals surface area contributed by atoms with E-state index in [2.05, 4.69) is 10.6 Å². The van der Waals surface area contributed by atoms with Crippen LogP contribution in [0.25, 0.3) is 0 Å². The third-order valence-corrected chi connectivity index (χ3v) is 4.20. The van der Waals surface area contributed by atoms with Gasteiger partial charge in [-0.1, -0.05) is 60.2 Å². The number of furan rings is 1. The van der Waals surface area contributed by atoms with E-state index in [0.29, 0.717) is 13.0 Å². The fraction of sp³-hybridized carbons (Fsp3) is 0.182. The van der Waals surface area contributed by atoms with Crippen LogP contribution in [-0.2, 0) is 17.8 Å². The van der Waals surface area contributed by atoms with Gasteiger partial charge in [0.25, 0.3) is 5.91 Å². The second-order valence-electron chi connectivity index (χ2n) is 6.40. The molecule has 3 aromatic rings. The van der Waals surface area contributed by atoms with Crippen LogP contribution in [0, 0.1) is 6.92 Å². The van der Waals surface area contributed by atoms with E-state index in [1.807, 2.05) is 61.5 Å². The van der Waals surface area contributed by atoms with Crippen molar-refractivity contribution in [2.24, 2.45) is 0 Å². The normalized spacial score (nSPS) is 11.6. The number of benzene rings is 2. The number of rotatable bonds is 7. The van der Waals surface area contributed by atoms with E-state index in [-0.39, 0.29) is 11.7 Å². The van der Waals surface area contributed by atoms with Gasteiger partial charge in [0.2, 0.25) is 5.91 Å². The Hall–Kier alpha value is -3.34. The van der Waals surface area contributed by atoms with Crippen molar-refractivity contribution in [1.82, 2.24) is 10.6 Å². The highest BCUT2D eigenvalue weighted by Crippen LogP contribution is 2.07. The van der Waals surface area contributed by atoms with Crippen LogP contribution in [-0.4, -0.2) is 17.9 Å². The van der Waals surface area contributed by atoms with E-state index in [0.717, 1.165) is 16.7 Å². The molecule has 138 valence electrons. The van der Waals surface area contributed by atoms with Crippen molar-refractivity contribution < 1.29 is 14.0 Å². The molecule has 3 rings (SSSR count). The van der Waals surface area contributed by atoms with Crippen LogP contribution < -0.4 is 10.6 Å². The van der Waals surface area contributed by atoms with Crippen LogP contribution in [0.4, 0.5) is 0 Å². The van der Waals surface area contributed by atoms with Crippen LogP contribution in [0.3, 0.4) is 0 Å². The molecule has 0 radical (unpaired) electrons. The zero-order valence-corrected chi connectivity index (χ0v) is 15.1. The van der Waals surface area contributed by atoms with Crippen LogP contribution in [0.15, 0.2) is 77.4 Å². The van der Waals surface area contributed by atoms with Crippen molar-refractivity contribution in [3.05, 3.63) is 95.4 Å². The molecule has 1 atom stereocenters. The van der Waals surface area contributed by atoms with Crippen molar-refractivity contribution in [3.63, 3.8) is 0 Å². The minimum Gasteiger partial charge on any atom is -0.459 e. The predicted octanol–water partition coefficient (Wildman–Crippen LogP) is 3.25. The Morgan fingerprint density at radius 1 is 0.963 bits per heavy atom. The molecule has 0 saturated heterocycles. The third kappa shape index (κ3) is 5.31. The summed E-state index contributed by atoms with van der Waals surface area (Å²) in [5.74, 6) is -0.466. The molecule has 2 amide bonds. The highest BCUT2D eigenvalue weighted by molar-refractivity contribution is 5.95. The first-order valence-electron chi connectivity index (χ1n) is 8.83. The molecule has 0 bridgehead atoms. The smallest absolute Gasteiger partial charge is 0.287 e. The molecular formula is C22H22N2O3. The van der Waals surface area contributed by atoms with Crippen molar-refractivity contribution in [3.8, 4) is 0 Å². The Morgan fingerprint density at radius 3 is 2.44 bits per heavy atom. The summed E-state index contributed by atoms with van der Waals surface area (Å²) >= 11 is 0. The van der Waals surface area contributed by atoms with Crippen molar-refractivity contribution in [2.45, 2.75) is 25.9 Å². The summed E-state index contributed by atoms with van der Waals surface area (Å²) in [4.78, 5) is 25.1. The van der Waals surface area contributed by atoms with E-state index < -0.39 is 11.9 Å². The van der Waals surface area contributed by atoms with Gasteiger partial charge in [0.05, 0.1) is 6.26 Å². The average molecular weight is 362 g/mol. The Kier molecular flexibility index (Phi) is 6.05. The Balaban J connectivity index is 1.69. The minimum absolute atomic E-state index is 0.180. The molecular weight excluding hydrogens is 340 g/mol. The van der Waals surface area contributed by atoms with Gasteiger partial charge in [-0.3, -0.25) is 9.59 Å². The van der Waals surface area contributed by atoms with Crippen molar-refractivity contribution in [2.75, 3.05) is 0 Å². The molecule has 5 nitrogen and oxygen atoms in total. The number of carbonyl (C=O) groups is 2. The Morgan fingerprint density at radius 2 is 1.74 bits per heavy atom. The molecule has 0 fully saturated rings. The van der Waals surface area contributed by atoms with Gasteiger partial charge < -0.3 is 15.1 Å². The first-order chi connectivity index (χ1) is 13.1. The average Bonchev–Trinajstić information content (AvgIpc) is 3.21. The van der Waals surface area contributed by atoms with Gasteiger partial charge >= 0.3 is 0 Å². The number of carbonyl (C=O) groups excluding carboxylic acids is 2. The molecule has 5 heteroatoms. The van der Waals surface area contributed by atoms with E-state index in [4.69, 9.17) is 4.42 Å². The van der Waals surface area contributed by atoms with E-state index in [1.54, 1.807) is 12.1 Å². The third-order valence-electron chi connectivity index (χ3n) is 4.20. The number of hydrogen-bond acceptors (Lipinski definition) is 3. The number of amides is 2. The quantitative estimate of drug-likeness (QED) is 0.678. The maximum absolute atomic E-state index is 12.8. The minimum atomic E-state index is -0.699. The predicted molar refractivity (Wildman–Crippen MR) is 103 cm³/mol. The first-order valence-corrected chi connectivity index (χ1v) is 8.83. The Bertz CT molecular complexity index is 889. The maximum Gasteiger partial charge on any atom is 0.287 e. The van der Waals surface area contributed by atoms with Gasteiger partial charge in [-0.05, 0) is 30.2 Å². The summed E-state index contributed by atoms with van der Waals surface area (Å²) < 4.78 is 5.12. The largest absolute Gasteiger partial charge is 0.459 e. The highest BCUT2D eigenvalue weighted by Gasteiger charge is 2.22. The zero-order valence-electron chi connectivity index (χ0n) is 15.1. The van der Waals surface area contributed by atoms with Crippen LogP contribution in [0.1, 0.15) is 27.2 Å². The van der Waals surface area contributed by atoms with Crippen molar-refractivity contribution >= 4 is 11.8 Å². The molecule has 27 heavy (non-hydrogen) atoms. The maximum atomic E-state index is 12.8. The summed E-state index contributed by atoms with van der Waals surface area (Å²) in [7, 11) is 0. The van der Waals surface area contributed by atoms with Gasteiger partial charge in [-0.15, -0.1) is 0 Å². The molecule has 0 saturated carbocycles. The van der Waals surface area contributed by atoms with Gasteiger partial charge in [0.15, 0.2) is 5.76 Å². The van der Waals surface area contributed by atoms with E-state index in [1.165, 1.54) is 6.26 Å². The standard InChI is InChI=1S/C22H22N2O3/c1-16-7-5-10-18(13-16)15-23-21(25)19(14-17-8-3-2-4-9-17)24-22(26)20-11-6-12-27-20/h2-13,19H,14-15H2,1H3,(H,23,25)(H,24,26). The lowest BCUT2D eigenvalue weighted by Crippen LogP contribution is -2.47. The lowest BCUT2D eigenvalue weighted by atomic mass is 10.0. The first kappa shape index (κ1) is 18.5. The van der Waals surface area contributed by atoms with Crippen molar-refractivity contribution in [1.29, 1.82) is 0 Å².